The molecule has 0 aliphatic heterocycles. The minimum atomic E-state index is -0.544. The van der Waals surface area contributed by atoms with Gasteiger partial charge in [-0.05, 0) is 26.8 Å². The second-order valence-corrected chi connectivity index (χ2v) is 5.07. The fourth-order valence-electron chi connectivity index (χ4n) is 1.43. The van der Waals surface area contributed by atoms with Crippen LogP contribution in [0.5, 0.6) is 0 Å². The van der Waals surface area contributed by atoms with E-state index in [-0.39, 0.29) is 13.2 Å². The van der Waals surface area contributed by atoms with E-state index in [1.807, 2.05) is 33.9 Å². The van der Waals surface area contributed by atoms with Crippen LogP contribution in [0.15, 0.2) is 12.3 Å². The second-order valence-electron chi connectivity index (χ2n) is 5.07. The summed E-state index contributed by atoms with van der Waals surface area (Å²) in [6.07, 6.45) is 1.24. The number of hydrogen-bond donors (Lipinski definition) is 1. The van der Waals surface area contributed by atoms with Crippen LogP contribution in [0.2, 0.25) is 0 Å². The molecular weight excluding hydrogens is 234 g/mol. The lowest BCUT2D eigenvalue weighted by molar-refractivity contribution is 0.0197. The van der Waals surface area contributed by atoms with Gasteiger partial charge in [-0.25, -0.2) is 4.79 Å². The first-order valence-electron chi connectivity index (χ1n) is 5.89. The topological polar surface area (TPSA) is 67.6 Å². The summed E-state index contributed by atoms with van der Waals surface area (Å²) in [5, 5.41) is 13.0. The Hall–Kier alpha value is -1.56. The summed E-state index contributed by atoms with van der Waals surface area (Å²) < 4.78 is 6.98. The normalized spacial score (nSPS) is 11.4. The number of amides is 1. The number of carbonyl (C=O) groups excluding carboxylic acids is 1. The van der Waals surface area contributed by atoms with Gasteiger partial charge in [-0.1, -0.05) is 0 Å². The number of aliphatic hydroxyl groups is 1. The predicted molar refractivity (Wildman–Crippen MR) is 66.9 cm³/mol. The zero-order valence-electron chi connectivity index (χ0n) is 11.4. The van der Waals surface area contributed by atoms with Gasteiger partial charge in [0.25, 0.3) is 0 Å². The Balaban J connectivity index is 2.71. The van der Waals surface area contributed by atoms with E-state index in [1.165, 1.54) is 4.90 Å². The molecule has 0 unspecified atom stereocenters. The molecule has 0 spiro atoms. The molecule has 0 radical (unpaired) electrons. The van der Waals surface area contributed by atoms with Crippen LogP contribution in [0.3, 0.4) is 0 Å². The highest BCUT2D eigenvalue weighted by molar-refractivity contribution is 5.68. The van der Waals surface area contributed by atoms with Crippen molar-refractivity contribution in [2.45, 2.75) is 32.9 Å². The Morgan fingerprint density at radius 2 is 2.22 bits per heavy atom. The van der Waals surface area contributed by atoms with E-state index in [2.05, 4.69) is 5.10 Å². The molecule has 0 atom stereocenters. The molecule has 102 valence electrons. The molecule has 1 rings (SSSR count). The van der Waals surface area contributed by atoms with Gasteiger partial charge in [0.05, 0.1) is 18.8 Å². The number of aliphatic hydroxyl groups excluding tert-OH is 1. The molecule has 1 aromatic rings. The highest BCUT2D eigenvalue weighted by atomic mass is 16.6. The van der Waals surface area contributed by atoms with Gasteiger partial charge in [-0.2, -0.15) is 5.10 Å². The van der Waals surface area contributed by atoms with Crippen LogP contribution in [-0.4, -0.2) is 44.6 Å². The number of aryl methyl sites for hydroxylation is 1. The Morgan fingerprint density at radius 1 is 1.56 bits per heavy atom. The number of carbonyl (C=O) groups is 1. The highest BCUT2D eigenvalue weighted by Gasteiger charge is 2.22. The van der Waals surface area contributed by atoms with Crippen molar-refractivity contribution in [2.75, 3.05) is 13.2 Å². The van der Waals surface area contributed by atoms with Gasteiger partial charge in [-0.3, -0.25) is 4.68 Å². The highest BCUT2D eigenvalue weighted by Crippen LogP contribution is 2.12. The third-order valence-electron chi connectivity index (χ3n) is 2.30. The van der Waals surface area contributed by atoms with Crippen molar-refractivity contribution in [3.63, 3.8) is 0 Å². The van der Waals surface area contributed by atoms with Crippen LogP contribution >= 0.6 is 0 Å². The molecule has 6 nitrogen and oxygen atoms in total. The van der Waals surface area contributed by atoms with Gasteiger partial charge in [0.1, 0.15) is 5.60 Å². The van der Waals surface area contributed by atoms with E-state index in [9.17, 15) is 4.79 Å². The molecule has 1 heterocycles. The van der Waals surface area contributed by atoms with Gasteiger partial charge in [0.15, 0.2) is 0 Å². The Labute approximate surface area is 107 Å². The number of rotatable bonds is 4. The van der Waals surface area contributed by atoms with Crippen molar-refractivity contribution < 1.29 is 14.6 Å². The first kappa shape index (κ1) is 14.5. The van der Waals surface area contributed by atoms with E-state index < -0.39 is 11.7 Å². The minimum Gasteiger partial charge on any atom is -0.444 e. The van der Waals surface area contributed by atoms with Gasteiger partial charge in [0.2, 0.25) is 0 Å². The Morgan fingerprint density at radius 3 is 2.67 bits per heavy atom. The van der Waals surface area contributed by atoms with Gasteiger partial charge in [0, 0.05) is 19.8 Å². The summed E-state index contributed by atoms with van der Waals surface area (Å²) in [5.41, 5.74) is 0.339. The maximum absolute atomic E-state index is 11.9. The van der Waals surface area contributed by atoms with Gasteiger partial charge < -0.3 is 14.7 Å². The Bertz CT molecular complexity index is 396. The first-order chi connectivity index (χ1) is 8.33. The van der Waals surface area contributed by atoms with Crippen molar-refractivity contribution in [2.24, 2.45) is 7.05 Å². The summed E-state index contributed by atoms with van der Waals surface area (Å²) in [5.74, 6) is 0. The number of aromatic nitrogens is 2. The van der Waals surface area contributed by atoms with E-state index in [4.69, 9.17) is 9.84 Å². The minimum absolute atomic E-state index is 0.100. The lowest BCUT2D eigenvalue weighted by Crippen LogP contribution is -2.38. The largest absolute Gasteiger partial charge is 0.444 e. The SMILES string of the molecule is Cn1nccc1CN(CCO)C(=O)OC(C)(C)C. The molecule has 1 amide bonds. The van der Waals surface area contributed by atoms with Crippen LogP contribution < -0.4 is 0 Å². The molecule has 0 aromatic carbocycles. The zero-order chi connectivity index (χ0) is 13.8. The summed E-state index contributed by atoms with van der Waals surface area (Å²) in [4.78, 5) is 13.4. The van der Waals surface area contributed by atoms with Crippen LogP contribution in [0, 0.1) is 0 Å². The van der Waals surface area contributed by atoms with Crippen LogP contribution in [-0.2, 0) is 18.3 Å². The molecule has 0 bridgehead atoms. The fourth-order valence-corrected chi connectivity index (χ4v) is 1.43. The van der Waals surface area contributed by atoms with Crippen molar-refractivity contribution >= 4 is 6.09 Å². The van der Waals surface area contributed by atoms with Crippen molar-refractivity contribution in [3.05, 3.63) is 18.0 Å². The molecule has 0 fully saturated rings. The average Bonchev–Trinajstić information content (AvgIpc) is 2.61. The molecule has 1 aromatic heterocycles. The maximum Gasteiger partial charge on any atom is 0.410 e. The third-order valence-corrected chi connectivity index (χ3v) is 2.30. The fraction of sp³-hybridized carbons (Fsp3) is 0.667. The molecule has 0 aliphatic rings. The smallest absolute Gasteiger partial charge is 0.410 e. The number of ether oxygens (including phenoxy) is 1. The van der Waals surface area contributed by atoms with E-state index in [1.54, 1.807) is 10.9 Å². The molecule has 6 heteroatoms. The van der Waals surface area contributed by atoms with Crippen LogP contribution in [0.1, 0.15) is 26.5 Å². The van der Waals surface area contributed by atoms with Crippen LogP contribution in [0.25, 0.3) is 0 Å². The summed E-state index contributed by atoms with van der Waals surface area (Å²) in [7, 11) is 1.81. The standard InChI is InChI=1S/C12H21N3O3/c1-12(2,3)18-11(17)15(7-8-16)9-10-5-6-13-14(10)4/h5-6,16H,7-9H2,1-4H3. The number of nitrogens with zero attached hydrogens (tertiary/aromatic N) is 3. The molecule has 0 saturated heterocycles. The summed E-state index contributed by atoms with van der Waals surface area (Å²) in [6, 6.07) is 1.83. The zero-order valence-corrected chi connectivity index (χ0v) is 11.4. The molecule has 1 N–H and O–H groups in total. The lowest BCUT2D eigenvalue weighted by atomic mass is 10.2. The van der Waals surface area contributed by atoms with Crippen LogP contribution in [0.4, 0.5) is 4.79 Å². The average molecular weight is 255 g/mol. The third kappa shape index (κ3) is 4.37. The van der Waals surface area contributed by atoms with E-state index in [0.29, 0.717) is 6.54 Å². The van der Waals surface area contributed by atoms with Crippen molar-refractivity contribution in [3.8, 4) is 0 Å². The molecule has 18 heavy (non-hydrogen) atoms. The molecular formula is C12H21N3O3. The van der Waals surface area contributed by atoms with Gasteiger partial charge in [-0.15, -0.1) is 0 Å². The molecule has 0 aliphatic carbocycles. The van der Waals surface area contributed by atoms with E-state index >= 15 is 0 Å². The first-order valence-corrected chi connectivity index (χ1v) is 5.89. The lowest BCUT2D eigenvalue weighted by Gasteiger charge is -2.26. The van der Waals surface area contributed by atoms with Crippen molar-refractivity contribution in [1.82, 2.24) is 14.7 Å². The summed E-state index contributed by atoms with van der Waals surface area (Å²) >= 11 is 0. The number of hydrogen-bond acceptors (Lipinski definition) is 4. The Kier molecular flexibility index (Phi) is 4.72. The van der Waals surface area contributed by atoms with Crippen molar-refractivity contribution in [1.29, 1.82) is 0 Å². The monoisotopic (exact) mass is 255 g/mol. The molecule has 0 saturated carbocycles. The quantitative estimate of drug-likeness (QED) is 0.876. The van der Waals surface area contributed by atoms with Gasteiger partial charge >= 0.3 is 6.09 Å². The summed E-state index contributed by atoms with van der Waals surface area (Å²) in [6.45, 7) is 5.94. The maximum atomic E-state index is 11.9. The predicted octanol–water partition coefficient (Wildman–Crippen LogP) is 1.15. The van der Waals surface area contributed by atoms with E-state index in [0.717, 1.165) is 5.69 Å². The second kappa shape index (κ2) is 5.86.